The Kier molecular flexibility index (Phi) is 5.77. The van der Waals surface area contributed by atoms with Gasteiger partial charge in [0.2, 0.25) is 11.9 Å². The molecule has 0 spiro atoms. The van der Waals surface area contributed by atoms with Gasteiger partial charge in [-0.15, -0.1) is 0 Å². The van der Waals surface area contributed by atoms with Crippen LogP contribution in [0.3, 0.4) is 0 Å². The molecule has 0 saturated heterocycles. The summed E-state index contributed by atoms with van der Waals surface area (Å²) in [6.07, 6.45) is 3.47. The predicted octanol–water partition coefficient (Wildman–Crippen LogP) is 3.33. The van der Waals surface area contributed by atoms with Crippen LogP contribution in [0.15, 0.2) is 30.6 Å². The number of amides is 1. The minimum atomic E-state index is -0.616. The van der Waals surface area contributed by atoms with Crippen LogP contribution in [0.5, 0.6) is 0 Å². The van der Waals surface area contributed by atoms with Crippen LogP contribution in [0, 0.1) is 24.5 Å². The van der Waals surface area contributed by atoms with Gasteiger partial charge in [0.25, 0.3) is 0 Å². The third kappa shape index (κ3) is 4.39. The summed E-state index contributed by atoms with van der Waals surface area (Å²) in [4.78, 5) is 23.4. The number of nitrogens with one attached hydrogen (secondary N) is 2. The van der Waals surface area contributed by atoms with Gasteiger partial charge in [0.1, 0.15) is 23.4 Å². The highest BCUT2D eigenvalue weighted by atomic mass is 19.1. The molecule has 0 aliphatic carbocycles. The minimum Gasteiger partial charge on any atom is -0.350 e. The number of carbonyl (C=O) groups is 1. The summed E-state index contributed by atoms with van der Waals surface area (Å²) in [7, 11) is 1.86. The van der Waals surface area contributed by atoms with Gasteiger partial charge < -0.3 is 15.5 Å². The first-order valence-corrected chi connectivity index (χ1v) is 10.3. The summed E-state index contributed by atoms with van der Waals surface area (Å²) >= 11 is 0. The number of anilines is 3. The SMILES string of the molecule is Cc1nc(NCc2cnn(Cc3cc(F)cc(F)c3)c2)nc2c1NC(=O)[C@H](C(C)C)N2C. The molecule has 8 nitrogen and oxygen atoms in total. The van der Waals surface area contributed by atoms with Crippen LogP contribution in [0.2, 0.25) is 0 Å². The zero-order valence-electron chi connectivity index (χ0n) is 18.4. The number of nitrogens with zero attached hydrogens (tertiary/aromatic N) is 5. The molecule has 1 aromatic carbocycles. The molecule has 0 unspecified atom stereocenters. The van der Waals surface area contributed by atoms with E-state index < -0.39 is 11.6 Å². The molecule has 0 radical (unpaired) electrons. The van der Waals surface area contributed by atoms with Crippen molar-refractivity contribution < 1.29 is 13.6 Å². The number of rotatable bonds is 6. The van der Waals surface area contributed by atoms with E-state index in [0.717, 1.165) is 11.6 Å². The number of carbonyl (C=O) groups excluding carboxylic acids is 1. The van der Waals surface area contributed by atoms with E-state index in [9.17, 15) is 13.6 Å². The number of aromatic nitrogens is 4. The quantitative estimate of drug-likeness (QED) is 0.610. The first-order valence-electron chi connectivity index (χ1n) is 10.3. The van der Waals surface area contributed by atoms with Crippen LogP contribution < -0.4 is 15.5 Å². The second kappa shape index (κ2) is 8.52. The molecular formula is C22H25F2N7O. The van der Waals surface area contributed by atoms with Crippen molar-refractivity contribution in [2.24, 2.45) is 5.92 Å². The Morgan fingerprint density at radius 2 is 1.88 bits per heavy atom. The van der Waals surface area contributed by atoms with Gasteiger partial charge in [-0.25, -0.2) is 13.8 Å². The molecule has 0 saturated carbocycles. The molecule has 10 heteroatoms. The third-order valence-corrected chi connectivity index (χ3v) is 5.37. The molecule has 32 heavy (non-hydrogen) atoms. The van der Waals surface area contributed by atoms with Crippen molar-refractivity contribution in [1.29, 1.82) is 0 Å². The average Bonchev–Trinajstić information content (AvgIpc) is 3.13. The Morgan fingerprint density at radius 3 is 2.56 bits per heavy atom. The fraction of sp³-hybridized carbons (Fsp3) is 0.364. The van der Waals surface area contributed by atoms with E-state index in [2.05, 4.69) is 25.7 Å². The van der Waals surface area contributed by atoms with Gasteiger partial charge in [-0.3, -0.25) is 9.48 Å². The van der Waals surface area contributed by atoms with E-state index in [4.69, 9.17) is 0 Å². The van der Waals surface area contributed by atoms with Crippen molar-refractivity contribution >= 4 is 23.4 Å². The predicted molar refractivity (Wildman–Crippen MR) is 117 cm³/mol. The molecule has 2 aromatic heterocycles. The molecule has 0 bridgehead atoms. The maximum Gasteiger partial charge on any atom is 0.247 e. The largest absolute Gasteiger partial charge is 0.350 e. The Bertz CT molecular complexity index is 1140. The second-order valence-corrected chi connectivity index (χ2v) is 8.30. The number of halogens is 2. The van der Waals surface area contributed by atoms with Crippen LogP contribution >= 0.6 is 0 Å². The summed E-state index contributed by atoms with van der Waals surface area (Å²) in [6.45, 7) is 6.49. The highest BCUT2D eigenvalue weighted by molar-refractivity contribution is 6.03. The van der Waals surface area contributed by atoms with Crippen molar-refractivity contribution in [2.75, 3.05) is 22.6 Å². The zero-order valence-corrected chi connectivity index (χ0v) is 18.4. The molecule has 0 fully saturated rings. The lowest BCUT2D eigenvalue weighted by Crippen LogP contribution is -2.49. The van der Waals surface area contributed by atoms with Gasteiger partial charge in [-0.2, -0.15) is 10.1 Å². The van der Waals surface area contributed by atoms with Crippen molar-refractivity contribution in [2.45, 2.75) is 39.9 Å². The van der Waals surface area contributed by atoms with Gasteiger partial charge in [-0.05, 0) is 30.5 Å². The van der Waals surface area contributed by atoms with E-state index in [0.29, 0.717) is 35.3 Å². The van der Waals surface area contributed by atoms with E-state index >= 15 is 0 Å². The molecule has 1 aliphatic heterocycles. The zero-order chi connectivity index (χ0) is 23.0. The van der Waals surface area contributed by atoms with E-state index in [1.54, 1.807) is 17.1 Å². The maximum absolute atomic E-state index is 13.4. The van der Waals surface area contributed by atoms with Gasteiger partial charge in [-0.1, -0.05) is 13.8 Å². The molecule has 1 atom stereocenters. The number of hydrogen-bond donors (Lipinski definition) is 2. The highest BCUT2D eigenvalue weighted by Gasteiger charge is 2.35. The smallest absolute Gasteiger partial charge is 0.247 e. The number of fused-ring (bicyclic) bond motifs is 1. The number of benzene rings is 1. The molecule has 1 amide bonds. The molecule has 1 aliphatic rings. The normalized spacial score (nSPS) is 15.7. The topological polar surface area (TPSA) is 88.0 Å². The van der Waals surface area contributed by atoms with Crippen LogP contribution in [0.1, 0.15) is 30.7 Å². The molecule has 2 N–H and O–H groups in total. The van der Waals surface area contributed by atoms with Gasteiger partial charge in [0.15, 0.2) is 5.82 Å². The fourth-order valence-electron chi connectivity index (χ4n) is 3.95. The Hall–Kier alpha value is -3.56. The third-order valence-electron chi connectivity index (χ3n) is 5.37. The maximum atomic E-state index is 13.4. The summed E-state index contributed by atoms with van der Waals surface area (Å²) in [5.74, 6) is -0.0660. The number of hydrogen-bond acceptors (Lipinski definition) is 6. The van der Waals surface area contributed by atoms with E-state index in [1.807, 2.05) is 32.7 Å². The van der Waals surface area contributed by atoms with Crippen molar-refractivity contribution in [3.8, 4) is 0 Å². The monoisotopic (exact) mass is 441 g/mol. The minimum absolute atomic E-state index is 0.0620. The Balaban J connectivity index is 1.47. The lowest BCUT2D eigenvalue weighted by atomic mass is 9.99. The first kappa shape index (κ1) is 21.7. The number of likely N-dealkylation sites (N-methyl/N-ethyl adjacent to an activating group) is 1. The van der Waals surface area contributed by atoms with E-state index in [-0.39, 0.29) is 24.4 Å². The molecule has 3 aromatic rings. The van der Waals surface area contributed by atoms with Crippen molar-refractivity contribution in [3.63, 3.8) is 0 Å². The van der Waals surface area contributed by atoms with Crippen LogP contribution in [0.4, 0.5) is 26.2 Å². The van der Waals surface area contributed by atoms with Crippen molar-refractivity contribution in [1.82, 2.24) is 19.7 Å². The van der Waals surface area contributed by atoms with Crippen molar-refractivity contribution in [3.05, 3.63) is 59.0 Å². The summed E-state index contributed by atoms with van der Waals surface area (Å²) in [5.41, 5.74) is 2.64. The van der Waals surface area contributed by atoms with Crippen LogP contribution in [-0.2, 0) is 17.9 Å². The Labute approximate surface area is 184 Å². The summed E-state index contributed by atoms with van der Waals surface area (Å²) in [5, 5.41) is 10.4. The van der Waals surface area contributed by atoms with Crippen LogP contribution in [-0.4, -0.2) is 38.7 Å². The lowest BCUT2D eigenvalue weighted by molar-refractivity contribution is -0.118. The molecule has 4 rings (SSSR count). The molecular weight excluding hydrogens is 416 g/mol. The fourth-order valence-corrected chi connectivity index (χ4v) is 3.95. The highest BCUT2D eigenvalue weighted by Crippen LogP contribution is 2.34. The molecule has 168 valence electrons. The van der Waals surface area contributed by atoms with Crippen LogP contribution in [0.25, 0.3) is 0 Å². The second-order valence-electron chi connectivity index (χ2n) is 8.30. The standard InChI is InChI=1S/C22H25F2N7O/c1-12(2)19-21(32)28-18-13(3)27-22(29-20(18)30(19)4)25-8-15-9-26-31(11-15)10-14-5-16(23)7-17(24)6-14/h5-7,9,11-12,19H,8,10H2,1-4H3,(H,28,32)(H,25,27,29)/t19-/m0/s1. The average molecular weight is 441 g/mol. The Morgan fingerprint density at radius 1 is 1.16 bits per heavy atom. The van der Waals surface area contributed by atoms with Gasteiger partial charge in [0, 0.05) is 31.4 Å². The van der Waals surface area contributed by atoms with Gasteiger partial charge >= 0.3 is 0 Å². The van der Waals surface area contributed by atoms with Gasteiger partial charge in [0.05, 0.1) is 18.4 Å². The van der Waals surface area contributed by atoms with E-state index in [1.165, 1.54) is 12.1 Å². The lowest BCUT2D eigenvalue weighted by Gasteiger charge is -2.36. The summed E-state index contributed by atoms with van der Waals surface area (Å²) in [6, 6.07) is 3.10. The first-order chi connectivity index (χ1) is 15.2. The number of aryl methyl sites for hydroxylation is 1. The molecule has 3 heterocycles. The summed E-state index contributed by atoms with van der Waals surface area (Å²) < 4.78 is 28.4.